The molecule has 0 radical (unpaired) electrons. The standard InChI is InChI=1S/C13H10N4O3S3/c1-19-17-10(11(18)20-9-6-21-12(14)16-9)23-13-15-7-4-2-3-5-8(7)22-13/h2-6H,1H3,(H2,14,16). The van der Waals surface area contributed by atoms with Crippen LogP contribution in [0.5, 0.6) is 5.88 Å². The molecular weight excluding hydrogens is 356 g/mol. The van der Waals surface area contributed by atoms with Crippen LogP contribution in [0.4, 0.5) is 5.13 Å². The van der Waals surface area contributed by atoms with Crippen molar-refractivity contribution >= 4 is 60.8 Å². The number of ether oxygens (including phenoxy) is 1. The minimum absolute atomic E-state index is 0.0260. The maximum atomic E-state index is 12.2. The van der Waals surface area contributed by atoms with E-state index in [0.717, 1.165) is 22.0 Å². The number of nitrogen functional groups attached to an aromatic ring is 1. The van der Waals surface area contributed by atoms with E-state index in [1.165, 1.54) is 29.8 Å². The van der Waals surface area contributed by atoms with E-state index in [2.05, 4.69) is 15.1 Å². The fourth-order valence-electron chi connectivity index (χ4n) is 1.62. The Morgan fingerprint density at radius 3 is 2.87 bits per heavy atom. The molecule has 0 saturated carbocycles. The number of hydrogen-bond donors (Lipinski definition) is 1. The zero-order valence-electron chi connectivity index (χ0n) is 11.8. The van der Waals surface area contributed by atoms with Crippen molar-refractivity contribution < 1.29 is 14.4 Å². The second kappa shape index (κ2) is 6.94. The molecule has 0 saturated heterocycles. The van der Waals surface area contributed by atoms with E-state index in [4.69, 9.17) is 15.3 Å². The van der Waals surface area contributed by atoms with Crippen molar-refractivity contribution in [2.45, 2.75) is 4.34 Å². The maximum absolute atomic E-state index is 12.2. The molecule has 3 rings (SSSR count). The highest BCUT2D eigenvalue weighted by molar-refractivity contribution is 8.17. The van der Waals surface area contributed by atoms with Crippen LogP contribution in [0.3, 0.4) is 0 Å². The summed E-state index contributed by atoms with van der Waals surface area (Å²) in [6.07, 6.45) is 0. The lowest BCUT2D eigenvalue weighted by atomic mass is 10.3. The Morgan fingerprint density at radius 1 is 1.35 bits per heavy atom. The number of thioether (sulfide) groups is 1. The minimum Gasteiger partial charge on any atom is -0.401 e. The molecule has 0 aliphatic rings. The molecule has 0 bridgehead atoms. The summed E-state index contributed by atoms with van der Waals surface area (Å²) in [5, 5.41) is 5.59. The maximum Gasteiger partial charge on any atom is 0.374 e. The van der Waals surface area contributed by atoms with Gasteiger partial charge in [-0.1, -0.05) is 17.3 Å². The van der Waals surface area contributed by atoms with Gasteiger partial charge >= 0.3 is 5.97 Å². The number of para-hydroxylation sites is 1. The predicted molar refractivity (Wildman–Crippen MR) is 92.1 cm³/mol. The number of anilines is 1. The fraction of sp³-hybridized carbons (Fsp3) is 0.0769. The minimum atomic E-state index is -0.679. The molecule has 0 atom stereocenters. The van der Waals surface area contributed by atoms with Crippen molar-refractivity contribution in [3.05, 3.63) is 29.6 Å². The molecule has 0 aliphatic carbocycles. The first kappa shape index (κ1) is 15.7. The first-order chi connectivity index (χ1) is 11.2. The van der Waals surface area contributed by atoms with Crippen LogP contribution in [-0.4, -0.2) is 28.1 Å². The molecule has 2 aromatic heterocycles. The van der Waals surface area contributed by atoms with E-state index < -0.39 is 5.97 Å². The fourth-order valence-corrected chi connectivity index (χ4v) is 4.00. The average molecular weight is 366 g/mol. The number of aromatic nitrogens is 2. The lowest BCUT2D eigenvalue weighted by Crippen LogP contribution is -2.18. The SMILES string of the molecule is CON=C(Sc1nc2ccccc2s1)C(=O)Oc1csc(N)n1. The van der Waals surface area contributed by atoms with Crippen LogP contribution in [-0.2, 0) is 9.63 Å². The number of benzene rings is 1. The van der Waals surface area contributed by atoms with Crippen molar-refractivity contribution in [3.63, 3.8) is 0 Å². The highest BCUT2D eigenvalue weighted by Crippen LogP contribution is 2.30. The molecule has 0 amide bonds. The molecule has 7 nitrogen and oxygen atoms in total. The number of carbonyl (C=O) groups excluding carboxylic acids is 1. The molecule has 23 heavy (non-hydrogen) atoms. The second-order valence-electron chi connectivity index (χ2n) is 4.04. The molecular formula is C13H10N4O3S3. The summed E-state index contributed by atoms with van der Waals surface area (Å²) in [4.78, 5) is 25.2. The van der Waals surface area contributed by atoms with Gasteiger partial charge in [0.05, 0.1) is 15.6 Å². The second-order valence-corrected chi connectivity index (χ2v) is 7.20. The summed E-state index contributed by atoms with van der Waals surface area (Å²) in [6, 6.07) is 7.70. The van der Waals surface area contributed by atoms with Gasteiger partial charge in [0.1, 0.15) is 7.11 Å². The van der Waals surface area contributed by atoms with Gasteiger partial charge in [-0.25, -0.2) is 9.78 Å². The van der Waals surface area contributed by atoms with Crippen molar-refractivity contribution in [2.24, 2.45) is 5.16 Å². The molecule has 2 heterocycles. The molecule has 3 aromatic rings. The number of nitrogens with two attached hydrogens (primary N) is 1. The quantitative estimate of drug-likeness (QED) is 0.250. The highest BCUT2D eigenvalue weighted by atomic mass is 32.2. The van der Waals surface area contributed by atoms with E-state index in [9.17, 15) is 4.79 Å². The third-order valence-corrected chi connectivity index (χ3v) is 5.19. The van der Waals surface area contributed by atoms with E-state index in [1.807, 2.05) is 24.3 Å². The van der Waals surface area contributed by atoms with E-state index in [0.29, 0.717) is 9.47 Å². The molecule has 1 aromatic carbocycles. The first-order valence-electron chi connectivity index (χ1n) is 6.23. The van der Waals surface area contributed by atoms with Gasteiger partial charge in [0.15, 0.2) is 9.47 Å². The van der Waals surface area contributed by atoms with Gasteiger partial charge in [-0.3, -0.25) is 0 Å². The largest absolute Gasteiger partial charge is 0.401 e. The number of hydrogen-bond acceptors (Lipinski definition) is 10. The highest BCUT2D eigenvalue weighted by Gasteiger charge is 2.20. The average Bonchev–Trinajstić information content (AvgIpc) is 3.12. The number of fused-ring (bicyclic) bond motifs is 1. The number of nitrogens with zero attached hydrogens (tertiary/aromatic N) is 3. The van der Waals surface area contributed by atoms with Crippen molar-refractivity contribution in [2.75, 3.05) is 12.8 Å². The van der Waals surface area contributed by atoms with E-state index >= 15 is 0 Å². The topological polar surface area (TPSA) is 99.7 Å². The molecule has 118 valence electrons. The summed E-state index contributed by atoms with van der Waals surface area (Å²) < 4.78 is 6.81. The Balaban J connectivity index is 1.78. The van der Waals surface area contributed by atoms with Crippen LogP contribution < -0.4 is 10.5 Å². The zero-order valence-corrected chi connectivity index (χ0v) is 14.2. The van der Waals surface area contributed by atoms with E-state index in [1.54, 1.807) is 5.38 Å². The Kier molecular flexibility index (Phi) is 4.74. The molecule has 0 fully saturated rings. The van der Waals surface area contributed by atoms with Gasteiger partial charge in [0, 0.05) is 0 Å². The molecule has 0 spiro atoms. The summed E-state index contributed by atoms with van der Waals surface area (Å²) in [6.45, 7) is 0. The van der Waals surface area contributed by atoms with Crippen LogP contribution in [0.1, 0.15) is 0 Å². The van der Waals surface area contributed by atoms with Gasteiger partial charge in [0.25, 0.3) is 0 Å². The lowest BCUT2D eigenvalue weighted by molar-refractivity contribution is -0.127. The van der Waals surface area contributed by atoms with Crippen LogP contribution in [0, 0.1) is 0 Å². The summed E-state index contributed by atoms with van der Waals surface area (Å²) in [7, 11) is 1.35. The number of rotatable bonds is 3. The molecule has 0 unspecified atom stereocenters. The van der Waals surface area contributed by atoms with Gasteiger partial charge in [-0.05, 0) is 23.9 Å². The summed E-state index contributed by atoms with van der Waals surface area (Å²) >= 11 is 3.71. The van der Waals surface area contributed by atoms with Crippen molar-refractivity contribution in [1.29, 1.82) is 0 Å². The van der Waals surface area contributed by atoms with Gasteiger partial charge in [-0.2, -0.15) is 4.98 Å². The Morgan fingerprint density at radius 2 is 2.17 bits per heavy atom. The number of thiazole rings is 2. The Hall–Kier alpha value is -2.17. The van der Waals surface area contributed by atoms with Crippen molar-refractivity contribution in [3.8, 4) is 5.88 Å². The zero-order chi connectivity index (χ0) is 16.2. The Labute approximate surface area is 143 Å². The van der Waals surface area contributed by atoms with Gasteiger partial charge in [-0.15, -0.1) is 22.7 Å². The van der Waals surface area contributed by atoms with Gasteiger partial charge < -0.3 is 15.3 Å². The predicted octanol–water partition coefficient (Wildman–Crippen LogP) is 2.99. The number of oxime groups is 1. The normalized spacial score (nSPS) is 11.6. The summed E-state index contributed by atoms with van der Waals surface area (Å²) in [5.74, 6) is -0.549. The molecule has 10 heteroatoms. The molecule has 0 aliphatic heterocycles. The third-order valence-electron chi connectivity index (χ3n) is 2.51. The van der Waals surface area contributed by atoms with Crippen LogP contribution in [0.15, 0.2) is 39.1 Å². The monoisotopic (exact) mass is 366 g/mol. The van der Waals surface area contributed by atoms with Gasteiger partial charge in [0.2, 0.25) is 10.9 Å². The van der Waals surface area contributed by atoms with Crippen molar-refractivity contribution in [1.82, 2.24) is 9.97 Å². The van der Waals surface area contributed by atoms with E-state index in [-0.39, 0.29) is 10.9 Å². The van der Waals surface area contributed by atoms with Crippen LogP contribution >= 0.6 is 34.4 Å². The van der Waals surface area contributed by atoms with Crippen LogP contribution in [0.25, 0.3) is 10.2 Å². The molecule has 2 N–H and O–H groups in total. The Bertz CT molecular complexity index is 841. The summed E-state index contributed by atoms with van der Waals surface area (Å²) in [5.41, 5.74) is 6.36. The smallest absolute Gasteiger partial charge is 0.374 e. The number of esters is 1. The number of carbonyl (C=O) groups is 1. The third kappa shape index (κ3) is 3.78. The lowest BCUT2D eigenvalue weighted by Gasteiger charge is -2.02. The van der Waals surface area contributed by atoms with Crippen LogP contribution in [0.2, 0.25) is 0 Å². The first-order valence-corrected chi connectivity index (χ1v) is 8.74.